The number of para-hydroxylation sites is 2. The van der Waals surface area contributed by atoms with Crippen LogP contribution in [0.1, 0.15) is 10.4 Å². The van der Waals surface area contributed by atoms with Crippen LogP contribution in [-0.2, 0) is 0 Å². The van der Waals surface area contributed by atoms with Gasteiger partial charge in [-0.3, -0.25) is 4.79 Å². The molecule has 4 N–H and O–H groups in total. The van der Waals surface area contributed by atoms with Crippen molar-refractivity contribution in [1.29, 1.82) is 0 Å². The molecule has 0 aliphatic rings. The number of benzene rings is 3. The largest absolute Gasteiger partial charge is 0.497 e. The first-order valence-electron chi connectivity index (χ1n) is 9.49. The molecule has 0 saturated heterocycles. The molecule has 8 heteroatoms. The van der Waals surface area contributed by atoms with E-state index in [0.29, 0.717) is 27.7 Å². The Morgan fingerprint density at radius 1 is 1.13 bits per heavy atom. The van der Waals surface area contributed by atoms with E-state index in [4.69, 9.17) is 10.5 Å². The molecule has 7 nitrogen and oxygen atoms in total. The third-order valence-corrected chi connectivity index (χ3v) is 6.12. The van der Waals surface area contributed by atoms with Crippen molar-refractivity contribution >= 4 is 39.6 Å². The molecule has 154 valence electrons. The van der Waals surface area contributed by atoms with Gasteiger partial charge in [0.2, 0.25) is 5.91 Å². The van der Waals surface area contributed by atoms with Gasteiger partial charge in [-0.25, -0.2) is 4.98 Å². The molecular weight excluding hydrogens is 412 g/mol. The van der Waals surface area contributed by atoms with E-state index in [-0.39, 0.29) is 0 Å². The lowest BCUT2D eigenvalue weighted by Crippen LogP contribution is -2.10. The summed E-state index contributed by atoms with van der Waals surface area (Å²) in [4.78, 5) is 20.4. The maximum Gasteiger partial charge on any atom is 0.248 e. The molecule has 5 rings (SSSR count). The number of hydrogen-bond acceptors (Lipinski definition) is 5. The number of amides is 1. The summed E-state index contributed by atoms with van der Waals surface area (Å²) < 4.78 is 6.35. The molecule has 0 saturated carbocycles. The highest BCUT2D eigenvalue weighted by atomic mass is 32.2. The fourth-order valence-corrected chi connectivity index (χ4v) is 4.66. The van der Waals surface area contributed by atoms with Crippen LogP contribution >= 0.6 is 11.8 Å². The Morgan fingerprint density at radius 2 is 1.90 bits per heavy atom. The van der Waals surface area contributed by atoms with Crippen molar-refractivity contribution < 1.29 is 14.7 Å². The molecule has 0 aliphatic heterocycles. The molecule has 31 heavy (non-hydrogen) atoms. The molecule has 0 fully saturated rings. The highest BCUT2D eigenvalue weighted by Gasteiger charge is 2.22. The van der Waals surface area contributed by atoms with Crippen LogP contribution in [0, 0.1) is 0 Å². The van der Waals surface area contributed by atoms with Gasteiger partial charge in [0.25, 0.3) is 0 Å². The number of nitrogens with zero attached hydrogens (tertiary/aromatic N) is 2. The molecule has 3 aromatic carbocycles. The van der Waals surface area contributed by atoms with Gasteiger partial charge in [0.1, 0.15) is 11.4 Å². The Kier molecular flexibility index (Phi) is 4.56. The first-order valence-corrected chi connectivity index (χ1v) is 10.3. The summed E-state index contributed by atoms with van der Waals surface area (Å²) in [5, 5.41) is 12.5. The van der Waals surface area contributed by atoms with E-state index in [1.54, 1.807) is 25.3 Å². The topological polar surface area (TPSA) is 106 Å². The maximum atomic E-state index is 11.7. The number of primary amides is 1. The van der Waals surface area contributed by atoms with Crippen LogP contribution in [0.25, 0.3) is 33.2 Å². The predicted octanol–water partition coefficient (Wildman–Crippen LogP) is 4.68. The van der Waals surface area contributed by atoms with E-state index in [9.17, 15) is 10.0 Å². The summed E-state index contributed by atoms with van der Waals surface area (Å²) in [6, 6.07) is 20.2. The van der Waals surface area contributed by atoms with E-state index in [1.165, 1.54) is 11.8 Å². The van der Waals surface area contributed by atoms with Gasteiger partial charge in [0.15, 0.2) is 5.16 Å². The minimum atomic E-state index is -0.555. The second-order valence-corrected chi connectivity index (χ2v) is 7.97. The van der Waals surface area contributed by atoms with Gasteiger partial charge < -0.3 is 20.7 Å². The lowest BCUT2D eigenvalue weighted by molar-refractivity contribution is 0.100. The van der Waals surface area contributed by atoms with E-state index in [2.05, 4.69) is 9.97 Å². The summed E-state index contributed by atoms with van der Waals surface area (Å²) in [7, 11) is 1.60. The Labute approximate surface area is 181 Å². The van der Waals surface area contributed by atoms with E-state index < -0.39 is 5.91 Å². The summed E-state index contributed by atoms with van der Waals surface area (Å²) in [6.45, 7) is 0. The molecule has 0 bridgehead atoms. The fourth-order valence-electron chi connectivity index (χ4n) is 3.58. The number of nitrogens with one attached hydrogen (secondary N) is 1. The summed E-state index contributed by atoms with van der Waals surface area (Å²) in [6.07, 6.45) is 0. The number of hydrogen-bond donors (Lipinski definition) is 3. The van der Waals surface area contributed by atoms with E-state index >= 15 is 0 Å². The van der Waals surface area contributed by atoms with Crippen molar-refractivity contribution in [3.05, 3.63) is 72.3 Å². The summed E-state index contributed by atoms with van der Waals surface area (Å²) in [5.41, 5.74) is 9.42. The molecule has 0 radical (unpaired) electrons. The Bertz CT molecular complexity index is 1400. The molecular formula is C23H18N4O3S. The highest BCUT2D eigenvalue weighted by Crippen LogP contribution is 2.43. The quantitative estimate of drug-likeness (QED) is 0.351. The molecule has 0 spiro atoms. The third-order valence-electron chi connectivity index (χ3n) is 5.11. The van der Waals surface area contributed by atoms with E-state index in [1.807, 2.05) is 48.5 Å². The zero-order valence-corrected chi connectivity index (χ0v) is 17.3. The number of rotatable bonds is 5. The number of H-pyrrole nitrogens is 1. The van der Waals surface area contributed by atoms with Crippen LogP contribution in [0.2, 0.25) is 0 Å². The zero-order valence-electron chi connectivity index (χ0n) is 16.5. The fraction of sp³-hybridized carbons (Fsp3) is 0.0435. The molecule has 2 heterocycles. The summed E-state index contributed by atoms with van der Waals surface area (Å²) >= 11 is 1.41. The maximum absolute atomic E-state index is 11.7. The monoisotopic (exact) mass is 430 g/mol. The Morgan fingerprint density at radius 3 is 2.61 bits per heavy atom. The first-order chi connectivity index (χ1) is 15.0. The van der Waals surface area contributed by atoms with Gasteiger partial charge in [-0.2, -0.15) is 4.73 Å². The SMILES string of the molecule is COc1ccc(-c2c(Sc3nc4ccccc4[nH]3)c3ccc(C(N)=O)cc3n2O)cc1. The third kappa shape index (κ3) is 3.27. The number of methoxy groups -OCH3 is 1. The minimum absolute atomic E-state index is 0.321. The first kappa shape index (κ1) is 19.1. The van der Waals surface area contributed by atoms with Crippen molar-refractivity contribution in [1.82, 2.24) is 14.7 Å². The number of imidazole rings is 1. The van der Waals surface area contributed by atoms with Gasteiger partial charge >= 0.3 is 0 Å². The number of ether oxygens (including phenoxy) is 1. The van der Waals surface area contributed by atoms with Crippen LogP contribution in [0.4, 0.5) is 0 Å². The van der Waals surface area contributed by atoms with Crippen molar-refractivity contribution in [2.75, 3.05) is 7.11 Å². The predicted molar refractivity (Wildman–Crippen MR) is 120 cm³/mol. The number of carbonyl (C=O) groups is 1. The number of nitrogens with two attached hydrogens (primary N) is 1. The average Bonchev–Trinajstić information content (AvgIpc) is 3.32. The number of aromatic nitrogens is 3. The van der Waals surface area contributed by atoms with Crippen LogP contribution in [0.3, 0.4) is 0 Å². The van der Waals surface area contributed by atoms with Gasteiger partial charge in [0.05, 0.1) is 28.6 Å². The van der Waals surface area contributed by atoms with Gasteiger partial charge in [-0.05, 0) is 60.3 Å². The smallest absolute Gasteiger partial charge is 0.248 e. The van der Waals surface area contributed by atoms with E-state index in [0.717, 1.165) is 31.6 Å². The normalized spacial score (nSPS) is 11.3. The van der Waals surface area contributed by atoms with Crippen LogP contribution < -0.4 is 10.5 Å². The zero-order chi connectivity index (χ0) is 21.5. The molecule has 0 unspecified atom stereocenters. The van der Waals surface area contributed by atoms with Crippen molar-refractivity contribution in [3.63, 3.8) is 0 Å². The number of fused-ring (bicyclic) bond motifs is 2. The van der Waals surface area contributed by atoms with Gasteiger partial charge in [0, 0.05) is 16.5 Å². The Hall–Kier alpha value is -3.91. The molecule has 2 aromatic heterocycles. The van der Waals surface area contributed by atoms with Crippen LogP contribution in [0.5, 0.6) is 5.75 Å². The van der Waals surface area contributed by atoms with Crippen LogP contribution in [-0.4, -0.2) is 32.9 Å². The molecule has 1 amide bonds. The lowest BCUT2D eigenvalue weighted by Gasteiger charge is -2.07. The highest BCUT2D eigenvalue weighted by molar-refractivity contribution is 7.99. The van der Waals surface area contributed by atoms with Gasteiger partial charge in [-0.1, -0.05) is 18.2 Å². The average molecular weight is 430 g/mol. The molecule has 5 aromatic rings. The lowest BCUT2D eigenvalue weighted by atomic mass is 10.1. The minimum Gasteiger partial charge on any atom is -0.497 e. The number of aromatic amines is 1. The van der Waals surface area contributed by atoms with Crippen molar-refractivity contribution in [2.24, 2.45) is 5.73 Å². The van der Waals surface area contributed by atoms with Crippen molar-refractivity contribution in [3.8, 4) is 17.0 Å². The molecule has 0 aliphatic carbocycles. The van der Waals surface area contributed by atoms with Crippen LogP contribution in [0.15, 0.2) is 76.8 Å². The number of carbonyl (C=O) groups excluding carboxylic acids is 1. The second kappa shape index (κ2) is 7.41. The Balaban J connectivity index is 1.72. The second-order valence-electron chi connectivity index (χ2n) is 6.98. The molecule has 0 atom stereocenters. The van der Waals surface area contributed by atoms with Gasteiger partial charge in [-0.15, -0.1) is 0 Å². The standard InChI is InChI=1S/C23H18N4O3S/c1-30-15-9-6-13(7-10-15)20-21(31-23-25-17-4-2-3-5-18(17)26-23)16-11-8-14(22(24)28)12-19(16)27(20)29/h2-12,29H,1H3,(H2,24,28)(H,25,26). The van der Waals surface area contributed by atoms with Crippen molar-refractivity contribution in [2.45, 2.75) is 10.1 Å². The summed E-state index contributed by atoms with van der Waals surface area (Å²) in [5.74, 6) is 0.160.